The van der Waals surface area contributed by atoms with Crippen molar-refractivity contribution >= 4 is 46.1 Å². The van der Waals surface area contributed by atoms with Gasteiger partial charge in [0.2, 0.25) is 0 Å². The predicted molar refractivity (Wildman–Crippen MR) is 87.0 cm³/mol. The largest absolute Gasteiger partial charge is 0.496 e. The molecule has 2 rings (SSSR count). The van der Waals surface area contributed by atoms with E-state index in [1.54, 1.807) is 6.07 Å². The molecule has 1 aliphatic carbocycles. The lowest BCUT2D eigenvalue weighted by Crippen LogP contribution is -2.37. The van der Waals surface area contributed by atoms with Gasteiger partial charge >= 0.3 is 5.97 Å². The number of ether oxygens (including phenoxy) is 1. The maximum Gasteiger partial charge on any atom is 0.323 e. The number of aliphatic carboxylic acids is 1. The first-order chi connectivity index (χ1) is 9.92. The van der Waals surface area contributed by atoms with Crippen molar-refractivity contribution in [2.75, 3.05) is 20.2 Å². The molecule has 1 N–H and O–H groups in total. The highest BCUT2D eigenvalue weighted by molar-refractivity contribution is 14.1. The number of carbonyl (C=O) groups excluding carboxylic acids is 1. The van der Waals surface area contributed by atoms with Crippen LogP contribution in [0.15, 0.2) is 12.1 Å². The minimum atomic E-state index is -1.03. The second-order valence-electron chi connectivity index (χ2n) is 4.99. The third-order valence-corrected chi connectivity index (χ3v) is 4.79. The summed E-state index contributed by atoms with van der Waals surface area (Å²) in [5.41, 5.74) is 0.296. The maximum absolute atomic E-state index is 12.6. The minimum absolute atomic E-state index is 0.296. The first-order valence-corrected chi connectivity index (χ1v) is 7.92. The van der Waals surface area contributed by atoms with E-state index >= 15 is 0 Å². The average Bonchev–Trinajstić information content (AvgIpc) is 3.23. The van der Waals surface area contributed by atoms with Gasteiger partial charge in [0.05, 0.1) is 17.7 Å². The van der Waals surface area contributed by atoms with E-state index < -0.39 is 5.97 Å². The Labute approximate surface area is 141 Å². The van der Waals surface area contributed by atoms with Gasteiger partial charge in [-0.05, 0) is 53.5 Å². The summed E-state index contributed by atoms with van der Waals surface area (Å²) in [7, 11) is 1.47. The molecule has 7 heteroatoms. The van der Waals surface area contributed by atoms with E-state index in [0.717, 1.165) is 16.4 Å². The van der Waals surface area contributed by atoms with E-state index in [1.807, 2.05) is 22.6 Å². The van der Waals surface area contributed by atoms with Crippen LogP contribution in [0.1, 0.15) is 23.2 Å². The number of amides is 1. The molecular formula is C14H15ClINO4. The zero-order chi connectivity index (χ0) is 15.6. The maximum atomic E-state index is 12.6. The summed E-state index contributed by atoms with van der Waals surface area (Å²) in [6.07, 6.45) is 2.07. The fourth-order valence-corrected chi connectivity index (χ4v) is 2.63. The van der Waals surface area contributed by atoms with Crippen molar-refractivity contribution in [3.63, 3.8) is 0 Å². The normalized spacial score (nSPS) is 13.9. The van der Waals surface area contributed by atoms with E-state index in [4.69, 9.17) is 21.4 Å². The van der Waals surface area contributed by atoms with Crippen LogP contribution < -0.4 is 4.74 Å². The Morgan fingerprint density at radius 1 is 1.48 bits per heavy atom. The summed E-state index contributed by atoms with van der Waals surface area (Å²) < 4.78 is 5.99. The van der Waals surface area contributed by atoms with Crippen molar-refractivity contribution in [1.82, 2.24) is 4.90 Å². The number of rotatable bonds is 6. The number of hydrogen-bond donors (Lipinski definition) is 1. The van der Waals surface area contributed by atoms with Gasteiger partial charge in [-0.2, -0.15) is 0 Å². The van der Waals surface area contributed by atoms with Gasteiger partial charge in [0.15, 0.2) is 0 Å². The predicted octanol–water partition coefficient (Wildman–Crippen LogP) is 2.89. The first-order valence-electron chi connectivity index (χ1n) is 6.46. The molecule has 1 saturated carbocycles. The summed E-state index contributed by atoms with van der Waals surface area (Å²) in [5, 5.41) is 9.43. The highest BCUT2D eigenvalue weighted by atomic mass is 127. The molecule has 0 unspecified atom stereocenters. The van der Waals surface area contributed by atoms with Crippen molar-refractivity contribution in [3.8, 4) is 5.75 Å². The second-order valence-corrected chi connectivity index (χ2v) is 6.56. The second kappa shape index (κ2) is 6.83. The molecule has 1 aromatic carbocycles. The Morgan fingerprint density at radius 2 is 2.14 bits per heavy atom. The topological polar surface area (TPSA) is 66.8 Å². The van der Waals surface area contributed by atoms with Crippen LogP contribution in [-0.2, 0) is 4.79 Å². The van der Waals surface area contributed by atoms with Crippen LogP contribution in [0, 0.1) is 9.49 Å². The number of carboxylic acid groups (broad SMARTS) is 1. The van der Waals surface area contributed by atoms with E-state index in [9.17, 15) is 9.59 Å². The molecule has 0 atom stereocenters. The molecule has 5 nitrogen and oxygen atoms in total. The zero-order valence-corrected chi connectivity index (χ0v) is 14.3. The van der Waals surface area contributed by atoms with Gasteiger partial charge in [-0.15, -0.1) is 0 Å². The van der Waals surface area contributed by atoms with Gasteiger partial charge in [0.1, 0.15) is 12.3 Å². The van der Waals surface area contributed by atoms with E-state index in [1.165, 1.54) is 18.1 Å². The summed E-state index contributed by atoms with van der Waals surface area (Å²) in [4.78, 5) is 24.9. The highest BCUT2D eigenvalue weighted by Crippen LogP contribution is 2.32. The van der Waals surface area contributed by atoms with Crippen LogP contribution in [0.3, 0.4) is 0 Å². The van der Waals surface area contributed by atoms with E-state index in [-0.39, 0.29) is 12.5 Å². The molecule has 114 valence electrons. The summed E-state index contributed by atoms with van der Waals surface area (Å²) in [6.45, 7) is 0.139. The van der Waals surface area contributed by atoms with E-state index in [0.29, 0.717) is 28.8 Å². The Balaban J connectivity index is 2.30. The van der Waals surface area contributed by atoms with Crippen molar-refractivity contribution in [2.45, 2.75) is 12.8 Å². The average molecular weight is 424 g/mol. The third kappa shape index (κ3) is 4.23. The molecule has 21 heavy (non-hydrogen) atoms. The van der Waals surface area contributed by atoms with Crippen LogP contribution in [0.5, 0.6) is 5.75 Å². The van der Waals surface area contributed by atoms with E-state index in [2.05, 4.69) is 0 Å². The molecule has 0 saturated heterocycles. The Bertz CT molecular complexity index is 574. The molecule has 0 heterocycles. The molecule has 1 aliphatic rings. The smallest absolute Gasteiger partial charge is 0.323 e. The molecule has 0 spiro atoms. The van der Waals surface area contributed by atoms with Gasteiger partial charge in [-0.1, -0.05) is 11.6 Å². The van der Waals surface area contributed by atoms with Crippen LogP contribution >= 0.6 is 34.2 Å². The van der Waals surface area contributed by atoms with Gasteiger partial charge in [0.25, 0.3) is 5.91 Å². The standard InChI is InChI=1S/C14H15ClINO4/c1-21-12-5-11(16)10(15)4-9(12)14(20)17(7-13(18)19)6-8-2-3-8/h4-5,8H,2-3,6-7H2,1H3,(H,18,19). The Kier molecular flexibility index (Phi) is 5.32. The SMILES string of the molecule is COc1cc(I)c(Cl)cc1C(=O)N(CC(=O)O)CC1CC1. The number of benzene rings is 1. The van der Waals surface area contributed by atoms with Crippen molar-refractivity contribution in [3.05, 3.63) is 26.3 Å². The summed E-state index contributed by atoms with van der Waals surface area (Å²) >= 11 is 8.11. The van der Waals surface area contributed by atoms with Crippen LogP contribution in [0.4, 0.5) is 0 Å². The van der Waals surface area contributed by atoms with Crippen LogP contribution in [0.25, 0.3) is 0 Å². The zero-order valence-electron chi connectivity index (χ0n) is 11.4. The third-order valence-electron chi connectivity index (χ3n) is 3.26. The molecule has 1 aromatic rings. The number of hydrogen-bond acceptors (Lipinski definition) is 3. The molecule has 0 aliphatic heterocycles. The Morgan fingerprint density at radius 3 is 2.67 bits per heavy atom. The number of nitrogens with zero attached hydrogens (tertiary/aromatic N) is 1. The van der Waals surface area contributed by atoms with Gasteiger partial charge in [-0.25, -0.2) is 0 Å². The van der Waals surface area contributed by atoms with Gasteiger partial charge < -0.3 is 14.7 Å². The van der Waals surface area contributed by atoms with Gasteiger partial charge in [-0.3, -0.25) is 9.59 Å². The number of halogens is 2. The number of methoxy groups -OCH3 is 1. The lowest BCUT2D eigenvalue weighted by molar-refractivity contribution is -0.137. The van der Waals surface area contributed by atoms with Crippen LogP contribution in [0.2, 0.25) is 5.02 Å². The first kappa shape index (κ1) is 16.4. The van der Waals surface area contributed by atoms with Crippen molar-refractivity contribution in [2.24, 2.45) is 5.92 Å². The fraction of sp³-hybridized carbons (Fsp3) is 0.429. The quantitative estimate of drug-likeness (QED) is 0.715. The minimum Gasteiger partial charge on any atom is -0.496 e. The molecule has 0 radical (unpaired) electrons. The molecule has 0 bridgehead atoms. The molecular weight excluding hydrogens is 409 g/mol. The number of carboxylic acids is 1. The Hall–Kier alpha value is -1.02. The van der Waals surface area contributed by atoms with Crippen LogP contribution in [-0.4, -0.2) is 42.1 Å². The van der Waals surface area contributed by atoms with Crippen molar-refractivity contribution in [1.29, 1.82) is 0 Å². The number of carbonyl (C=O) groups is 2. The summed E-state index contributed by atoms with van der Waals surface area (Å²) in [5.74, 6) is -0.586. The van der Waals surface area contributed by atoms with Crippen molar-refractivity contribution < 1.29 is 19.4 Å². The lowest BCUT2D eigenvalue weighted by Gasteiger charge is -2.22. The molecule has 1 fully saturated rings. The van der Waals surface area contributed by atoms with Gasteiger partial charge in [0, 0.05) is 10.1 Å². The fourth-order valence-electron chi connectivity index (χ4n) is 2.03. The molecule has 1 amide bonds. The monoisotopic (exact) mass is 423 g/mol. The highest BCUT2D eigenvalue weighted by Gasteiger charge is 2.30. The summed E-state index contributed by atoms with van der Waals surface area (Å²) in [6, 6.07) is 3.21. The molecule has 0 aromatic heterocycles. The lowest BCUT2D eigenvalue weighted by atomic mass is 10.1.